The van der Waals surface area contributed by atoms with Crippen molar-refractivity contribution in [3.05, 3.63) is 84.1 Å². The van der Waals surface area contributed by atoms with Gasteiger partial charge in [0.25, 0.3) is 0 Å². The Morgan fingerprint density at radius 2 is 1.42 bits per heavy atom. The van der Waals surface area contributed by atoms with E-state index in [2.05, 4.69) is 52.8 Å². The molecule has 0 atom stereocenters. The lowest BCUT2D eigenvalue weighted by Gasteiger charge is -2.10. The Kier molecular flexibility index (Phi) is 6.81. The van der Waals surface area contributed by atoms with Crippen LogP contribution in [0.25, 0.3) is 21.7 Å². The SMILES string of the molecule is Cl.Cl.Oc1ccc(CNCc2cccc3ccccc23)c2cccnc12. The third-order valence-corrected chi connectivity index (χ3v) is 4.35. The molecule has 0 radical (unpaired) electrons. The molecule has 0 aliphatic carbocycles. The number of halogens is 2. The molecule has 134 valence electrons. The van der Waals surface area contributed by atoms with Crippen molar-refractivity contribution in [2.75, 3.05) is 0 Å². The first-order valence-corrected chi connectivity index (χ1v) is 8.06. The molecule has 4 aromatic rings. The van der Waals surface area contributed by atoms with Gasteiger partial charge in [0, 0.05) is 24.7 Å². The third-order valence-electron chi connectivity index (χ3n) is 4.35. The molecule has 0 saturated carbocycles. The molecule has 5 heteroatoms. The lowest BCUT2D eigenvalue weighted by atomic mass is 10.0. The van der Waals surface area contributed by atoms with Gasteiger partial charge in [-0.25, -0.2) is 0 Å². The Morgan fingerprint density at radius 1 is 0.731 bits per heavy atom. The number of aromatic nitrogens is 1. The van der Waals surface area contributed by atoms with Crippen LogP contribution >= 0.6 is 24.8 Å². The summed E-state index contributed by atoms with van der Waals surface area (Å²) < 4.78 is 0. The number of phenols is 1. The largest absolute Gasteiger partial charge is 0.506 e. The van der Waals surface area contributed by atoms with Crippen molar-refractivity contribution in [2.45, 2.75) is 13.1 Å². The summed E-state index contributed by atoms with van der Waals surface area (Å²) >= 11 is 0. The van der Waals surface area contributed by atoms with Gasteiger partial charge in [-0.15, -0.1) is 24.8 Å². The van der Waals surface area contributed by atoms with E-state index in [-0.39, 0.29) is 30.6 Å². The minimum Gasteiger partial charge on any atom is -0.506 e. The van der Waals surface area contributed by atoms with E-state index in [1.807, 2.05) is 18.2 Å². The van der Waals surface area contributed by atoms with Crippen LogP contribution in [-0.2, 0) is 13.1 Å². The molecule has 0 aliphatic rings. The van der Waals surface area contributed by atoms with E-state index >= 15 is 0 Å². The summed E-state index contributed by atoms with van der Waals surface area (Å²) in [6, 6.07) is 22.4. The van der Waals surface area contributed by atoms with E-state index < -0.39 is 0 Å². The molecule has 0 amide bonds. The maximum atomic E-state index is 9.93. The predicted molar refractivity (Wildman–Crippen MR) is 112 cm³/mol. The van der Waals surface area contributed by atoms with Gasteiger partial charge >= 0.3 is 0 Å². The lowest BCUT2D eigenvalue weighted by Crippen LogP contribution is -2.13. The van der Waals surface area contributed by atoms with Crippen molar-refractivity contribution < 1.29 is 5.11 Å². The maximum Gasteiger partial charge on any atom is 0.141 e. The maximum absolute atomic E-state index is 9.93. The number of phenolic OH excluding ortho intramolecular Hbond substituents is 1. The molecule has 4 rings (SSSR count). The molecule has 26 heavy (non-hydrogen) atoms. The minimum atomic E-state index is 0. The van der Waals surface area contributed by atoms with Gasteiger partial charge in [-0.1, -0.05) is 54.6 Å². The van der Waals surface area contributed by atoms with Crippen molar-refractivity contribution in [1.82, 2.24) is 10.3 Å². The van der Waals surface area contributed by atoms with Gasteiger partial charge in [-0.3, -0.25) is 4.98 Å². The number of nitrogens with zero attached hydrogens (tertiary/aromatic N) is 1. The van der Waals surface area contributed by atoms with E-state index in [0.29, 0.717) is 5.52 Å². The summed E-state index contributed by atoms with van der Waals surface area (Å²) in [5.41, 5.74) is 3.08. The van der Waals surface area contributed by atoms with Crippen LogP contribution in [0.4, 0.5) is 0 Å². The second-order valence-corrected chi connectivity index (χ2v) is 5.89. The van der Waals surface area contributed by atoms with Crippen LogP contribution in [0.15, 0.2) is 72.9 Å². The smallest absolute Gasteiger partial charge is 0.141 e. The number of hydrogen-bond donors (Lipinski definition) is 2. The van der Waals surface area contributed by atoms with Crippen LogP contribution in [0.5, 0.6) is 5.75 Å². The number of fused-ring (bicyclic) bond motifs is 2. The molecular weight excluding hydrogens is 367 g/mol. The zero-order valence-corrected chi connectivity index (χ0v) is 15.7. The van der Waals surface area contributed by atoms with Gasteiger partial charge in [0.05, 0.1) is 0 Å². The molecule has 0 fully saturated rings. The zero-order chi connectivity index (χ0) is 16.4. The molecular formula is C21H20Cl2N2O. The lowest BCUT2D eigenvalue weighted by molar-refractivity contribution is 0.480. The number of hydrogen-bond acceptors (Lipinski definition) is 3. The Bertz CT molecular complexity index is 1020. The quantitative estimate of drug-likeness (QED) is 0.504. The summed E-state index contributed by atoms with van der Waals surface area (Å²) in [5.74, 6) is 0.225. The topological polar surface area (TPSA) is 45.1 Å². The first kappa shape index (κ1) is 20.0. The molecule has 3 aromatic carbocycles. The highest BCUT2D eigenvalue weighted by Crippen LogP contribution is 2.25. The predicted octanol–water partition coefficient (Wildman–Crippen LogP) is 5.23. The number of pyridine rings is 1. The van der Waals surface area contributed by atoms with E-state index in [1.54, 1.807) is 12.3 Å². The zero-order valence-electron chi connectivity index (χ0n) is 14.1. The van der Waals surface area contributed by atoms with Crippen LogP contribution in [0.1, 0.15) is 11.1 Å². The second kappa shape index (κ2) is 8.86. The van der Waals surface area contributed by atoms with Gasteiger partial charge < -0.3 is 10.4 Å². The average Bonchev–Trinajstić information content (AvgIpc) is 2.64. The van der Waals surface area contributed by atoms with Crippen LogP contribution in [0.3, 0.4) is 0 Å². The number of nitrogens with one attached hydrogen (secondary N) is 1. The van der Waals surface area contributed by atoms with Crippen molar-refractivity contribution >= 4 is 46.5 Å². The molecule has 1 aromatic heterocycles. The van der Waals surface area contributed by atoms with E-state index in [9.17, 15) is 5.11 Å². The molecule has 3 nitrogen and oxygen atoms in total. The molecule has 0 unspecified atom stereocenters. The molecule has 0 bridgehead atoms. The van der Waals surface area contributed by atoms with Gasteiger partial charge in [-0.05, 0) is 34.0 Å². The van der Waals surface area contributed by atoms with Gasteiger partial charge in [0.1, 0.15) is 11.3 Å². The second-order valence-electron chi connectivity index (χ2n) is 5.89. The molecule has 1 heterocycles. The van der Waals surface area contributed by atoms with Gasteiger partial charge in [0.2, 0.25) is 0 Å². The van der Waals surface area contributed by atoms with E-state index in [1.165, 1.54) is 16.3 Å². The molecule has 0 spiro atoms. The number of benzene rings is 3. The van der Waals surface area contributed by atoms with Crippen LogP contribution in [0.2, 0.25) is 0 Å². The van der Waals surface area contributed by atoms with Gasteiger partial charge in [0.15, 0.2) is 0 Å². The summed E-state index contributed by atoms with van der Waals surface area (Å²) in [5, 5.41) is 17.0. The van der Waals surface area contributed by atoms with Crippen LogP contribution < -0.4 is 5.32 Å². The number of rotatable bonds is 4. The highest BCUT2D eigenvalue weighted by molar-refractivity contribution is 5.87. The highest BCUT2D eigenvalue weighted by Gasteiger charge is 2.06. The molecule has 0 saturated heterocycles. The highest BCUT2D eigenvalue weighted by atomic mass is 35.5. The Balaban J connectivity index is 0.00000121. The molecule has 0 aliphatic heterocycles. The Labute approximate surface area is 164 Å². The first-order valence-electron chi connectivity index (χ1n) is 8.06. The average molecular weight is 387 g/mol. The van der Waals surface area contributed by atoms with E-state index in [0.717, 1.165) is 24.0 Å². The number of aromatic hydroxyl groups is 1. The fourth-order valence-electron chi connectivity index (χ4n) is 3.15. The fraction of sp³-hybridized carbons (Fsp3) is 0.0952. The summed E-state index contributed by atoms with van der Waals surface area (Å²) in [7, 11) is 0. The van der Waals surface area contributed by atoms with Gasteiger partial charge in [-0.2, -0.15) is 0 Å². The third kappa shape index (κ3) is 3.91. The Hall–Kier alpha value is -2.33. The van der Waals surface area contributed by atoms with Crippen molar-refractivity contribution in [3.63, 3.8) is 0 Å². The minimum absolute atomic E-state index is 0. The van der Waals surface area contributed by atoms with E-state index in [4.69, 9.17) is 0 Å². The Morgan fingerprint density at radius 3 is 2.27 bits per heavy atom. The van der Waals surface area contributed by atoms with Crippen LogP contribution in [-0.4, -0.2) is 10.1 Å². The van der Waals surface area contributed by atoms with Crippen molar-refractivity contribution in [3.8, 4) is 5.75 Å². The summed E-state index contributed by atoms with van der Waals surface area (Å²) in [6.07, 6.45) is 1.70. The monoisotopic (exact) mass is 386 g/mol. The first-order chi connectivity index (χ1) is 11.8. The summed E-state index contributed by atoms with van der Waals surface area (Å²) in [4.78, 5) is 4.27. The fourth-order valence-corrected chi connectivity index (χ4v) is 3.15. The standard InChI is InChI=1S/C21H18N2O.2ClH/c24-20-11-10-17(19-9-4-12-23-21(19)20)14-22-13-16-7-3-6-15-5-1-2-8-18(15)16;;/h1-12,22,24H,13-14H2;2*1H. The molecule has 2 N–H and O–H groups in total. The normalized spacial score (nSPS) is 10.3. The van der Waals surface area contributed by atoms with Crippen LogP contribution in [0, 0.1) is 0 Å². The summed E-state index contributed by atoms with van der Waals surface area (Å²) in [6.45, 7) is 1.52. The van der Waals surface area contributed by atoms with Crippen molar-refractivity contribution in [2.24, 2.45) is 0 Å². The van der Waals surface area contributed by atoms with Crippen molar-refractivity contribution in [1.29, 1.82) is 0 Å².